The first kappa shape index (κ1) is 17.5. The van der Waals surface area contributed by atoms with E-state index in [1.165, 1.54) is 0 Å². The van der Waals surface area contributed by atoms with Crippen molar-refractivity contribution < 1.29 is 13.9 Å². The highest BCUT2D eigenvalue weighted by atomic mass is 79.9. The van der Waals surface area contributed by atoms with Crippen LogP contribution in [0.25, 0.3) is 0 Å². The number of amides is 1. The van der Waals surface area contributed by atoms with Gasteiger partial charge in [0.25, 0.3) is 0 Å². The Kier molecular flexibility index (Phi) is 5.77. The Bertz CT molecular complexity index is 658. The molecule has 0 aliphatic carbocycles. The number of hydrogen-bond acceptors (Lipinski definition) is 2. The third-order valence-corrected chi connectivity index (χ3v) is 4.45. The quantitative estimate of drug-likeness (QED) is 0.788. The molecule has 122 valence electrons. The summed E-state index contributed by atoms with van der Waals surface area (Å²) in [6.07, 6.45) is 0.122. The van der Waals surface area contributed by atoms with E-state index in [2.05, 4.69) is 21.2 Å². The molecule has 0 fully saturated rings. The second kappa shape index (κ2) is 7.59. The lowest BCUT2D eigenvalue weighted by Gasteiger charge is -2.28. The first-order valence-electron chi connectivity index (χ1n) is 7.27. The predicted octanol–water partition coefficient (Wildman–Crippen LogP) is 4.71. The number of hydrogen-bond donors (Lipinski definition) is 1. The van der Waals surface area contributed by atoms with Gasteiger partial charge in [-0.2, -0.15) is 0 Å². The van der Waals surface area contributed by atoms with Crippen molar-refractivity contribution in [3.63, 3.8) is 0 Å². The fraction of sp³-hybridized carbons (Fsp3) is 0.278. The monoisotopic (exact) mass is 379 g/mol. The van der Waals surface area contributed by atoms with Crippen LogP contribution in [0, 0.1) is 0 Å². The Morgan fingerprint density at radius 2 is 1.78 bits per heavy atom. The first-order valence-corrected chi connectivity index (χ1v) is 8.06. The molecule has 0 aliphatic heterocycles. The molecule has 2 aromatic carbocycles. The van der Waals surface area contributed by atoms with Crippen molar-refractivity contribution in [1.29, 1.82) is 0 Å². The van der Waals surface area contributed by atoms with Crippen LogP contribution in [0.5, 0.6) is 5.75 Å². The first-order chi connectivity index (χ1) is 11.0. The second-order valence-electron chi connectivity index (χ2n) is 5.46. The molecule has 0 radical (unpaired) electrons. The zero-order valence-corrected chi connectivity index (χ0v) is 14.7. The lowest BCUT2D eigenvalue weighted by atomic mass is 9.79. The molecule has 1 amide bonds. The number of carbonyl (C=O) groups excluding carboxylic acids is 1. The van der Waals surface area contributed by atoms with E-state index in [1.807, 2.05) is 24.3 Å². The van der Waals surface area contributed by atoms with Gasteiger partial charge in [-0.1, -0.05) is 28.1 Å². The van der Waals surface area contributed by atoms with Crippen LogP contribution < -0.4 is 10.1 Å². The van der Waals surface area contributed by atoms with Crippen LogP contribution in [0.1, 0.15) is 18.9 Å². The number of halogens is 2. The van der Waals surface area contributed by atoms with E-state index in [0.717, 1.165) is 10.0 Å². The molecule has 0 heterocycles. The van der Waals surface area contributed by atoms with Crippen molar-refractivity contribution in [3.8, 4) is 5.75 Å². The maximum absolute atomic E-state index is 13.0. The average molecular weight is 380 g/mol. The van der Waals surface area contributed by atoms with E-state index >= 15 is 0 Å². The minimum Gasteiger partial charge on any atom is -0.497 e. The summed E-state index contributed by atoms with van der Waals surface area (Å²) in [5, 5.41) is 2.86. The predicted molar refractivity (Wildman–Crippen MR) is 93.7 cm³/mol. The molecule has 0 saturated carbocycles. The highest BCUT2D eigenvalue weighted by molar-refractivity contribution is 9.10. The van der Waals surface area contributed by atoms with Crippen molar-refractivity contribution in [2.75, 3.05) is 19.1 Å². The summed E-state index contributed by atoms with van der Waals surface area (Å²) in [6, 6.07) is 14.4. The van der Waals surface area contributed by atoms with E-state index < -0.39 is 12.1 Å². The third-order valence-electron chi connectivity index (χ3n) is 3.92. The fourth-order valence-electron chi connectivity index (χ4n) is 2.34. The van der Waals surface area contributed by atoms with E-state index in [4.69, 9.17) is 4.74 Å². The molecule has 1 unspecified atom stereocenters. The number of anilines is 1. The Morgan fingerprint density at radius 3 is 2.30 bits per heavy atom. The van der Waals surface area contributed by atoms with E-state index in [0.29, 0.717) is 11.4 Å². The SMILES string of the molecule is COc1ccc(NC(=O)C(C)(CCF)c2ccc(Br)cc2)cc1. The van der Waals surface area contributed by atoms with Gasteiger partial charge in [-0.25, -0.2) is 0 Å². The molecular formula is C18H19BrFNO2. The molecule has 23 heavy (non-hydrogen) atoms. The normalized spacial score (nSPS) is 13.2. The topological polar surface area (TPSA) is 38.3 Å². The van der Waals surface area contributed by atoms with Gasteiger partial charge < -0.3 is 10.1 Å². The van der Waals surface area contributed by atoms with Crippen molar-refractivity contribution in [2.45, 2.75) is 18.8 Å². The van der Waals surface area contributed by atoms with Gasteiger partial charge in [-0.3, -0.25) is 9.18 Å². The number of rotatable bonds is 6. The van der Waals surface area contributed by atoms with Crippen molar-refractivity contribution in [2.24, 2.45) is 0 Å². The fourth-order valence-corrected chi connectivity index (χ4v) is 2.60. The number of methoxy groups -OCH3 is 1. The molecule has 1 atom stereocenters. The molecule has 5 heteroatoms. The van der Waals surface area contributed by atoms with Crippen LogP contribution in [-0.2, 0) is 10.2 Å². The molecule has 0 bridgehead atoms. The lowest BCUT2D eigenvalue weighted by Crippen LogP contribution is -2.38. The maximum atomic E-state index is 13.0. The molecule has 0 aliphatic rings. The summed E-state index contributed by atoms with van der Waals surface area (Å²) in [5.41, 5.74) is 0.498. The average Bonchev–Trinajstić information content (AvgIpc) is 2.56. The molecule has 2 rings (SSSR count). The van der Waals surface area contributed by atoms with Crippen LogP contribution in [0.4, 0.5) is 10.1 Å². The Labute approximate surface area is 144 Å². The van der Waals surface area contributed by atoms with Gasteiger partial charge in [-0.15, -0.1) is 0 Å². The Morgan fingerprint density at radius 1 is 1.17 bits per heavy atom. The minimum absolute atomic E-state index is 0.122. The molecule has 3 nitrogen and oxygen atoms in total. The number of alkyl halides is 1. The van der Waals surface area contributed by atoms with Crippen molar-refractivity contribution in [1.82, 2.24) is 0 Å². The Hall–Kier alpha value is -1.88. The highest BCUT2D eigenvalue weighted by Crippen LogP contribution is 2.31. The van der Waals surface area contributed by atoms with E-state index in [-0.39, 0.29) is 12.3 Å². The summed E-state index contributed by atoms with van der Waals surface area (Å²) >= 11 is 3.37. The number of nitrogens with one attached hydrogen (secondary N) is 1. The number of ether oxygens (including phenoxy) is 1. The summed E-state index contributed by atoms with van der Waals surface area (Å²) in [6.45, 7) is 1.19. The van der Waals surface area contributed by atoms with Crippen LogP contribution in [0.15, 0.2) is 53.0 Å². The van der Waals surface area contributed by atoms with Crippen LogP contribution in [-0.4, -0.2) is 19.7 Å². The molecule has 2 aromatic rings. The minimum atomic E-state index is -0.935. The van der Waals surface area contributed by atoms with Crippen LogP contribution in [0.3, 0.4) is 0 Å². The zero-order chi connectivity index (χ0) is 16.9. The van der Waals surface area contributed by atoms with Crippen molar-refractivity contribution in [3.05, 3.63) is 58.6 Å². The standard InChI is InChI=1S/C18H19BrFNO2/c1-18(11-12-20,13-3-5-14(19)6-4-13)17(22)21-15-7-9-16(23-2)10-8-15/h3-10H,11-12H2,1-2H3,(H,21,22). The number of carbonyl (C=O) groups is 1. The van der Waals surface area contributed by atoms with Gasteiger partial charge in [0.2, 0.25) is 5.91 Å². The number of benzene rings is 2. The second-order valence-corrected chi connectivity index (χ2v) is 6.38. The third kappa shape index (κ3) is 4.10. The van der Waals surface area contributed by atoms with Gasteiger partial charge in [0.1, 0.15) is 5.75 Å². The molecule has 0 saturated heterocycles. The van der Waals surface area contributed by atoms with Crippen LogP contribution in [0.2, 0.25) is 0 Å². The zero-order valence-electron chi connectivity index (χ0n) is 13.1. The molecule has 1 N–H and O–H groups in total. The molecule has 0 spiro atoms. The summed E-state index contributed by atoms with van der Waals surface area (Å²) < 4.78 is 19.1. The smallest absolute Gasteiger partial charge is 0.234 e. The van der Waals surface area contributed by atoms with Gasteiger partial charge in [0.05, 0.1) is 19.2 Å². The maximum Gasteiger partial charge on any atom is 0.234 e. The van der Waals surface area contributed by atoms with Gasteiger partial charge >= 0.3 is 0 Å². The molecular weight excluding hydrogens is 361 g/mol. The lowest BCUT2D eigenvalue weighted by molar-refractivity contribution is -0.121. The Balaban J connectivity index is 2.24. The van der Waals surface area contributed by atoms with Gasteiger partial charge in [-0.05, 0) is 55.3 Å². The molecule has 0 aromatic heterocycles. The van der Waals surface area contributed by atoms with Crippen LogP contribution >= 0.6 is 15.9 Å². The highest BCUT2D eigenvalue weighted by Gasteiger charge is 2.35. The van der Waals surface area contributed by atoms with Crippen molar-refractivity contribution >= 4 is 27.5 Å². The van der Waals surface area contributed by atoms with Gasteiger partial charge in [0, 0.05) is 10.2 Å². The largest absolute Gasteiger partial charge is 0.497 e. The summed E-state index contributed by atoms with van der Waals surface area (Å²) in [4.78, 5) is 12.7. The van der Waals surface area contributed by atoms with E-state index in [1.54, 1.807) is 38.3 Å². The summed E-state index contributed by atoms with van der Waals surface area (Å²) in [7, 11) is 1.58. The summed E-state index contributed by atoms with van der Waals surface area (Å²) in [5.74, 6) is 0.477. The van der Waals surface area contributed by atoms with Gasteiger partial charge in [0.15, 0.2) is 0 Å². The van der Waals surface area contributed by atoms with E-state index in [9.17, 15) is 9.18 Å².